The first-order chi connectivity index (χ1) is 6.17. The normalized spacial score (nSPS) is 31.8. The van der Waals surface area contributed by atoms with Crippen molar-refractivity contribution in [3.63, 3.8) is 0 Å². The topological polar surface area (TPSA) is 46.2 Å². The van der Waals surface area contributed by atoms with E-state index in [2.05, 4.69) is 13.0 Å². The molecule has 0 aromatic heterocycles. The van der Waals surface area contributed by atoms with E-state index >= 15 is 0 Å². The van der Waals surface area contributed by atoms with Gasteiger partial charge in [0.1, 0.15) is 5.60 Å². The van der Waals surface area contributed by atoms with Gasteiger partial charge in [-0.15, -0.1) is 0 Å². The van der Waals surface area contributed by atoms with Crippen LogP contribution in [0.5, 0.6) is 0 Å². The third kappa shape index (κ3) is 1.18. The van der Waals surface area contributed by atoms with Gasteiger partial charge in [0, 0.05) is 6.54 Å². The van der Waals surface area contributed by atoms with Crippen LogP contribution in [0.25, 0.3) is 0 Å². The molecule has 3 N–H and O–H groups in total. The van der Waals surface area contributed by atoms with E-state index in [4.69, 9.17) is 5.73 Å². The first kappa shape index (κ1) is 8.73. The lowest BCUT2D eigenvalue weighted by Crippen LogP contribution is -2.32. The van der Waals surface area contributed by atoms with Crippen molar-refractivity contribution in [3.8, 4) is 0 Å². The van der Waals surface area contributed by atoms with E-state index in [1.165, 1.54) is 5.56 Å². The summed E-state index contributed by atoms with van der Waals surface area (Å²) in [6, 6.07) is 8.02. The summed E-state index contributed by atoms with van der Waals surface area (Å²) in [5, 5.41) is 10.2. The Morgan fingerprint density at radius 2 is 2.23 bits per heavy atom. The van der Waals surface area contributed by atoms with Crippen LogP contribution in [0.3, 0.4) is 0 Å². The molecule has 70 valence electrons. The standard InChI is InChI=1S/C11H15NO/c1-8-6-11(13,7-12)10-5-3-2-4-9(8)10/h2-5,8,13H,6-7,12H2,1H3/t8-,11-/m1/s1. The zero-order chi connectivity index (χ0) is 9.47. The van der Waals surface area contributed by atoms with Gasteiger partial charge < -0.3 is 10.8 Å². The SMILES string of the molecule is C[C@@H]1C[C@@](O)(CN)c2ccccc21. The van der Waals surface area contributed by atoms with Crippen LogP contribution >= 0.6 is 0 Å². The minimum Gasteiger partial charge on any atom is -0.384 e. The number of hydrogen-bond acceptors (Lipinski definition) is 2. The monoisotopic (exact) mass is 177 g/mol. The largest absolute Gasteiger partial charge is 0.384 e. The van der Waals surface area contributed by atoms with Crippen LogP contribution in [0, 0.1) is 0 Å². The van der Waals surface area contributed by atoms with Crippen LogP contribution in [-0.4, -0.2) is 11.7 Å². The van der Waals surface area contributed by atoms with Crippen molar-refractivity contribution in [2.24, 2.45) is 5.73 Å². The van der Waals surface area contributed by atoms with E-state index in [9.17, 15) is 5.11 Å². The average molecular weight is 177 g/mol. The third-order valence-electron chi connectivity index (χ3n) is 2.97. The number of aliphatic hydroxyl groups is 1. The Kier molecular flexibility index (Phi) is 1.90. The molecule has 13 heavy (non-hydrogen) atoms. The molecule has 2 heteroatoms. The molecular weight excluding hydrogens is 162 g/mol. The maximum Gasteiger partial charge on any atom is 0.103 e. The van der Waals surface area contributed by atoms with E-state index < -0.39 is 5.60 Å². The number of benzene rings is 1. The average Bonchev–Trinajstić information content (AvgIpc) is 2.42. The van der Waals surface area contributed by atoms with Gasteiger partial charge in [-0.1, -0.05) is 31.2 Å². The summed E-state index contributed by atoms with van der Waals surface area (Å²) in [6.07, 6.45) is 0.753. The molecule has 0 spiro atoms. The quantitative estimate of drug-likeness (QED) is 0.680. The smallest absolute Gasteiger partial charge is 0.103 e. The summed E-state index contributed by atoms with van der Waals surface area (Å²) in [4.78, 5) is 0. The first-order valence-corrected chi connectivity index (χ1v) is 4.69. The Morgan fingerprint density at radius 1 is 1.54 bits per heavy atom. The van der Waals surface area contributed by atoms with Crippen molar-refractivity contribution < 1.29 is 5.11 Å². The molecular formula is C11H15NO. The highest BCUT2D eigenvalue weighted by Crippen LogP contribution is 2.43. The molecule has 1 aliphatic carbocycles. The minimum absolute atomic E-state index is 0.314. The Hall–Kier alpha value is -0.860. The highest BCUT2D eigenvalue weighted by atomic mass is 16.3. The summed E-state index contributed by atoms with van der Waals surface area (Å²) >= 11 is 0. The van der Waals surface area contributed by atoms with Crippen LogP contribution in [0.4, 0.5) is 0 Å². The maximum absolute atomic E-state index is 10.2. The second-order valence-corrected chi connectivity index (χ2v) is 3.93. The lowest BCUT2D eigenvalue weighted by molar-refractivity contribution is 0.0440. The van der Waals surface area contributed by atoms with Gasteiger partial charge in [-0.25, -0.2) is 0 Å². The zero-order valence-electron chi connectivity index (χ0n) is 7.83. The molecule has 0 radical (unpaired) electrons. The van der Waals surface area contributed by atoms with Crippen molar-refractivity contribution in [2.45, 2.75) is 24.9 Å². The van der Waals surface area contributed by atoms with Crippen LogP contribution in [0.15, 0.2) is 24.3 Å². The molecule has 2 atom stereocenters. The molecule has 1 aliphatic rings. The van der Waals surface area contributed by atoms with E-state index in [-0.39, 0.29) is 0 Å². The molecule has 0 unspecified atom stereocenters. The van der Waals surface area contributed by atoms with Gasteiger partial charge in [-0.3, -0.25) is 0 Å². The molecule has 0 heterocycles. The van der Waals surface area contributed by atoms with Gasteiger partial charge in [0.15, 0.2) is 0 Å². The van der Waals surface area contributed by atoms with Crippen LogP contribution < -0.4 is 5.73 Å². The summed E-state index contributed by atoms with van der Waals surface area (Å²) < 4.78 is 0. The van der Waals surface area contributed by atoms with Crippen LogP contribution in [0.2, 0.25) is 0 Å². The molecule has 0 amide bonds. The molecule has 2 rings (SSSR count). The molecule has 2 nitrogen and oxygen atoms in total. The van der Waals surface area contributed by atoms with Crippen molar-refractivity contribution in [3.05, 3.63) is 35.4 Å². The van der Waals surface area contributed by atoms with Crippen LogP contribution in [-0.2, 0) is 5.60 Å². The van der Waals surface area contributed by atoms with Gasteiger partial charge in [0.2, 0.25) is 0 Å². The second-order valence-electron chi connectivity index (χ2n) is 3.93. The zero-order valence-corrected chi connectivity index (χ0v) is 7.83. The maximum atomic E-state index is 10.2. The third-order valence-corrected chi connectivity index (χ3v) is 2.97. The molecule has 1 aromatic rings. The van der Waals surface area contributed by atoms with Crippen molar-refractivity contribution in [2.75, 3.05) is 6.54 Å². The number of fused-ring (bicyclic) bond motifs is 1. The summed E-state index contributed by atoms with van der Waals surface area (Å²) in [6.45, 7) is 2.45. The fourth-order valence-corrected chi connectivity index (χ4v) is 2.27. The fourth-order valence-electron chi connectivity index (χ4n) is 2.27. The number of nitrogens with two attached hydrogens (primary N) is 1. The summed E-state index contributed by atoms with van der Waals surface area (Å²) in [5.41, 5.74) is 7.08. The molecule has 0 fully saturated rings. The van der Waals surface area contributed by atoms with Gasteiger partial charge in [0.05, 0.1) is 0 Å². The van der Waals surface area contributed by atoms with Gasteiger partial charge in [-0.2, -0.15) is 0 Å². The van der Waals surface area contributed by atoms with Gasteiger partial charge >= 0.3 is 0 Å². The van der Waals surface area contributed by atoms with Crippen LogP contribution in [0.1, 0.15) is 30.4 Å². The Bertz CT molecular complexity index is 324. The predicted octanol–water partition coefficient (Wildman–Crippen LogP) is 1.34. The highest BCUT2D eigenvalue weighted by Gasteiger charge is 2.38. The Morgan fingerprint density at radius 3 is 2.92 bits per heavy atom. The first-order valence-electron chi connectivity index (χ1n) is 4.69. The molecule has 0 saturated heterocycles. The van der Waals surface area contributed by atoms with Crippen molar-refractivity contribution in [1.29, 1.82) is 0 Å². The van der Waals surface area contributed by atoms with E-state index in [0.29, 0.717) is 12.5 Å². The van der Waals surface area contributed by atoms with E-state index in [1.807, 2.05) is 18.2 Å². The van der Waals surface area contributed by atoms with E-state index in [1.54, 1.807) is 0 Å². The second kappa shape index (κ2) is 2.82. The number of rotatable bonds is 1. The number of hydrogen-bond donors (Lipinski definition) is 2. The summed E-state index contributed by atoms with van der Waals surface area (Å²) in [7, 11) is 0. The van der Waals surface area contributed by atoms with Gasteiger partial charge in [-0.05, 0) is 23.5 Å². The lowest BCUT2D eigenvalue weighted by Gasteiger charge is -2.21. The predicted molar refractivity (Wildman–Crippen MR) is 52.4 cm³/mol. The van der Waals surface area contributed by atoms with Crippen molar-refractivity contribution >= 4 is 0 Å². The minimum atomic E-state index is -0.782. The Balaban J connectivity index is 2.53. The summed E-state index contributed by atoms with van der Waals surface area (Å²) in [5.74, 6) is 0.421. The van der Waals surface area contributed by atoms with E-state index in [0.717, 1.165) is 12.0 Å². The molecule has 0 bridgehead atoms. The van der Waals surface area contributed by atoms with Gasteiger partial charge in [0.25, 0.3) is 0 Å². The molecule has 0 aliphatic heterocycles. The Labute approximate surface area is 78.4 Å². The lowest BCUT2D eigenvalue weighted by atomic mass is 9.96. The highest BCUT2D eigenvalue weighted by molar-refractivity contribution is 5.40. The van der Waals surface area contributed by atoms with Crippen molar-refractivity contribution in [1.82, 2.24) is 0 Å². The fraction of sp³-hybridized carbons (Fsp3) is 0.455. The molecule has 1 aromatic carbocycles. The molecule has 0 saturated carbocycles.